The van der Waals surface area contributed by atoms with Gasteiger partial charge in [0.15, 0.2) is 0 Å². The van der Waals surface area contributed by atoms with Crippen molar-refractivity contribution in [1.29, 1.82) is 0 Å². The minimum atomic E-state index is -4.20. The number of hydrogen-bond donors (Lipinski definition) is 2. The van der Waals surface area contributed by atoms with Crippen molar-refractivity contribution in [3.8, 4) is 0 Å². The number of aliphatic imine (C=N–C) groups is 1. The normalized spacial score (nSPS) is 22.6. The minimum Gasteiger partial charge on any atom is -0.444 e. The Morgan fingerprint density at radius 2 is 1.92 bits per heavy atom. The van der Waals surface area contributed by atoms with Crippen molar-refractivity contribution in [3.05, 3.63) is 59.4 Å². The smallest absolute Gasteiger partial charge is 0.414 e. The van der Waals surface area contributed by atoms with Gasteiger partial charge in [0.2, 0.25) is 16.0 Å². The van der Waals surface area contributed by atoms with Crippen molar-refractivity contribution in [2.75, 3.05) is 25.6 Å². The summed E-state index contributed by atoms with van der Waals surface area (Å²) in [5, 5.41) is 3.60. The molecule has 204 valence electrons. The average molecular weight is 552 g/mol. The number of fused-ring (bicyclic) bond motifs is 1. The molecule has 4 rings (SSSR count). The summed E-state index contributed by atoms with van der Waals surface area (Å²) in [5.74, 6) is -2.42. The van der Waals surface area contributed by atoms with Crippen LogP contribution in [0, 0.1) is 11.6 Å². The number of pyridine rings is 1. The molecular weight excluding hydrogens is 524 g/mol. The minimum absolute atomic E-state index is 0.0297. The highest BCUT2D eigenvalue weighted by Gasteiger charge is 2.56. The number of sulfonamides is 1. The first-order valence-corrected chi connectivity index (χ1v) is 13.1. The highest BCUT2D eigenvalue weighted by atomic mass is 32.2. The molecule has 2 aliphatic heterocycles. The zero-order valence-corrected chi connectivity index (χ0v) is 21.9. The van der Waals surface area contributed by atoms with Gasteiger partial charge >= 0.3 is 6.09 Å². The van der Waals surface area contributed by atoms with Crippen LogP contribution < -0.4 is 10.6 Å². The fourth-order valence-corrected chi connectivity index (χ4v) is 6.03. The van der Waals surface area contributed by atoms with Crippen LogP contribution in [-0.2, 0) is 25.0 Å². The van der Waals surface area contributed by atoms with Gasteiger partial charge in [0.05, 0.1) is 12.8 Å². The number of ether oxygens (including phenoxy) is 2. The first kappa shape index (κ1) is 27.4. The predicted molar refractivity (Wildman–Crippen MR) is 133 cm³/mol. The molecule has 0 spiro atoms. The Balaban J connectivity index is 1.77. The lowest BCUT2D eigenvalue weighted by Crippen LogP contribution is -2.62. The molecule has 1 saturated heterocycles. The third-order valence-electron chi connectivity index (χ3n) is 6.04. The van der Waals surface area contributed by atoms with Gasteiger partial charge in [0, 0.05) is 31.3 Å². The summed E-state index contributed by atoms with van der Waals surface area (Å²) in [6.07, 6.45) is -0.0846. The molecule has 1 fully saturated rings. The van der Waals surface area contributed by atoms with Crippen molar-refractivity contribution in [2.24, 2.45) is 4.99 Å². The van der Waals surface area contributed by atoms with Crippen molar-refractivity contribution in [2.45, 2.75) is 43.6 Å². The number of anilines is 1. The molecule has 2 amide bonds. The molecule has 0 aliphatic carbocycles. The predicted octanol–water partition coefficient (Wildman–Crippen LogP) is 2.75. The van der Waals surface area contributed by atoms with Gasteiger partial charge in [0.1, 0.15) is 33.7 Å². The zero-order chi connectivity index (χ0) is 27.9. The van der Waals surface area contributed by atoms with Gasteiger partial charge in [-0.3, -0.25) is 10.1 Å². The van der Waals surface area contributed by atoms with Crippen molar-refractivity contribution in [1.82, 2.24) is 14.6 Å². The SMILES string of the molecule is CN1C(NC(=O)OC(C)(C)C)=NC2(c3cc(NC(=O)c4ccc(F)cn4)ccc3F)CCOCC2S1(=O)=O. The summed E-state index contributed by atoms with van der Waals surface area (Å²) in [6, 6.07) is 5.90. The fourth-order valence-electron chi connectivity index (χ4n) is 4.26. The van der Waals surface area contributed by atoms with Crippen LogP contribution in [0.5, 0.6) is 0 Å². The number of amides is 2. The number of nitrogens with zero attached hydrogens (tertiary/aromatic N) is 3. The van der Waals surface area contributed by atoms with E-state index in [1.54, 1.807) is 20.8 Å². The number of hydrogen-bond acceptors (Lipinski definition) is 8. The summed E-state index contributed by atoms with van der Waals surface area (Å²) in [6.45, 7) is 4.72. The summed E-state index contributed by atoms with van der Waals surface area (Å²) < 4.78 is 67.1. The Hall–Kier alpha value is -3.65. The van der Waals surface area contributed by atoms with Crippen LogP contribution in [0.15, 0.2) is 41.5 Å². The van der Waals surface area contributed by atoms with Crippen LogP contribution in [0.1, 0.15) is 43.2 Å². The molecule has 2 aromatic rings. The Morgan fingerprint density at radius 1 is 1.18 bits per heavy atom. The molecular formula is C24H27F2N5O6S. The zero-order valence-electron chi connectivity index (χ0n) is 21.1. The Bertz CT molecular complexity index is 1390. The Kier molecular flexibility index (Phi) is 7.14. The number of nitrogens with one attached hydrogen (secondary N) is 2. The van der Waals surface area contributed by atoms with E-state index in [1.807, 2.05) is 0 Å². The van der Waals surface area contributed by atoms with E-state index < -0.39 is 50.0 Å². The Morgan fingerprint density at radius 3 is 2.58 bits per heavy atom. The maximum absolute atomic E-state index is 15.4. The summed E-state index contributed by atoms with van der Waals surface area (Å²) in [5.41, 5.74) is -2.62. The number of benzene rings is 1. The molecule has 1 aromatic heterocycles. The number of carbonyl (C=O) groups excluding carboxylic acids is 2. The molecule has 0 radical (unpaired) electrons. The lowest BCUT2D eigenvalue weighted by Gasteiger charge is -2.46. The molecule has 3 heterocycles. The second-order valence-corrected chi connectivity index (χ2v) is 12.0. The van der Waals surface area contributed by atoms with Crippen LogP contribution in [0.3, 0.4) is 0 Å². The summed E-state index contributed by atoms with van der Waals surface area (Å²) >= 11 is 0. The van der Waals surface area contributed by atoms with Gasteiger partial charge in [-0.05, 0) is 51.1 Å². The molecule has 2 atom stereocenters. The van der Waals surface area contributed by atoms with E-state index in [9.17, 15) is 22.4 Å². The topological polar surface area (TPSA) is 139 Å². The van der Waals surface area contributed by atoms with Crippen LogP contribution in [0.25, 0.3) is 0 Å². The molecule has 0 saturated carbocycles. The van der Waals surface area contributed by atoms with Gasteiger partial charge in [-0.2, -0.15) is 0 Å². The van der Waals surface area contributed by atoms with E-state index in [2.05, 4.69) is 20.6 Å². The standard InChI is InChI=1S/C24H27F2N5O6S/c1-23(2,3)37-22(33)29-21-30-24(9-10-36-13-19(24)38(34,35)31(21)4)16-11-15(6-7-17(16)26)28-20(32)18-8-5-14(25)12-27-18/h5-8,11-12,19H,9-10,13H2,1-4H3,(H,28,32)(H,29,30,33). The second-order valence-electron chi connectivity index (χ2n) is 9.82. The van der Waals surface area contributed by atoms with Crippen LogP contribution >= 0.6 is 0 Å². The van der Waals surface area contributed by atoms with Crippen LogP contribution in [-0.4, -0.2) is 66.8 Å². The van der Waals surface area contributed by atoms with E-state index >= 15 is 4.39 Å². The summed E-state index contributed by atoms with van der Waals surface area (Å²) in [7, 11) is -2.98. The van der Waals surface area contributed by atoms with E-state index in [1.165, 1.54) is 25.2 Å². The van der Waals surface area contributed by atoms with Crippen LogP contribution in [0.2, 0.25) is 0 Å². The molecule has 2 aliphatic rings. The second kappa shape index (κ2) is 9.91. The van der Waals surface area contributed by atoms with Crippen LogP contribution in [0.4, 0.5) is 19.3 Å². The first-order valence-electron chi connectivity index (χ1n) is 11.6. The van der Waals surface area contributed by atoms with Gasteiger partial charge in [-0.25, -0.2) is 36.3 Å². The van der Waals surface area contributed by atoms with E-state index in [0.717, 1.165) is 22.6 Å². The highest BCUT2D eigenvalue weighted by Crippen LogP contribution is 2.45. The highest BCUT2D eigenvalue weighted by molar-refractivity contribution is 7.90. The third-order valence-corrected chi connectivity index (χ3v) is 8.22. The number of guanidine groups is 1. The molecule has 0 bridgehead atoms. The van der Waals surface area contributed by atoms with Gasteiger partial charge < -0.3 is 14.8 Å². The van der Waals surface area contributed by atoms with Gasteiger partial charge in [-0.1, -0.05) is 0 Å². The van der Waals surface area contributed by atoms with E-state index in [0.29, 0.717) is 0 Å². The quantitative estimate of drug-likeness (QED) is 0.598. The van der Waals surface area contributed by atoms with Crippen molar-refractivity contribution < 1.29 is 36.3 Å². The van der Waals surface area contributed by atoms with E-state index in [-0.39, 0.29) is 42.5 Å². The molecule has 11 nitrogen and oxygen atoms in total. The maximum atomic E-state index is 15.4. The lowest BCUT2D eigenvalue weighted by molar-refractivity contribution is 0.0501. The fraction of sp³-hybridized carbons (Fsp3) is 0.417. The molecule has 2 unspecified atom stereocenters. The van der Waals surface area contributed by atoms with Crippen molar-refractivity contribution >= 4 is 33.7 Å². The largest absolute Gasteiger partial charge is 0.444 e. The molecule has 14 heteroatoms. The maximum Gasteiger partial charge on any atom is 0.414 e. The molecule has 1 aromatic carbocycles. The molecule has 38 heavy (non-hydrogen) atoms. The number of halogens is 2. The number of rotatable bonds is 3. The third kappa shape index (κ3) is 5.31. The molecule has 2 N–H and O–H groups in total. The lowest BCUT2D eigenvalue weighted by atomic mass is 9.82. The summed E-state index contributed by atoms with van der Waals surface area (Å²) in [4.78, 5) is 33.4. The number of alkyl carbamates (subject to hydrolysis) is 1. The monoisotopic (exact) mass is 551 g/mol. The Labute approximate surface area is 218 Å². The number of aromatic nitrogens is 1. The van der Waals surface area contributed by atoms with E-state index in [4.69, 9.17) is 9.47 Å². The van der Waals surface area contributed by atoms with Crippen molar-refractivity contribution in [3.63, 3.8) is 0 Å². The first-order chi connectivity index (χ1) is 17.7. The van der Waals surface area contributed by atoms with Gasteiger partial charge in [0.25, 0.3) is 5.91 Å². The van der Waals surface area contributed by atoms with Gasteiger partial charge in [-0.15, -0.1) is 0 Å². The number of carbonyl (C=O) groups is 2. The average Bonchev–Trinajstić information content (AvgIpc) is 2.83.